The summed E-state index contributed by atoms with van der Waals surface area (Å²) in [6, 6.07) is 11.0. The average molecular weight is 428 g/mol. The van der Waals surface area contributed by atoms with Gasteiger partial charge in [-0.3, -0.25) is 4.79 Å². The van der Waals surface area contributed by atoms with Crippen molar-refractivity contribution in [1.82, 2.24) is 4.98 Å². The normalized spacial score (nSPS) is 10.4. The monoisotopic (exact) mass is 428 g/mol. The van der Waals surface area contributed by atoms with Crippen LogP contribution in [-0.4, -0.2) is 22.0 Å². The lowest BCUT2D eigenvalue weighted by Gasteiger charge is -2.03. The van der Waals surface area contributed by atoms with Crippen LogP contribution in [0, 0.1) is 18.6 Å². The molecule has 160 valence electrons. The summed E-state index contributed by atoms with van der Waals surface area (Å²) >= 11 is 0. The van der Waals surface area contributed by atoms with E-state index in [-0.39, 0.29) is 17.9 Å². The molecule has 31 heavy (non-hydrogen) atoms. The molecule has 4 rings (SSSR count). The number of aromatic nitrogens is 1. The van der Waals surface area contributed by atoms with Crippen LogP contribution < -0.4 is 5.73 Å². The molecule has 0 unspecified atom stereocenters. The Morgan fingerprint density at radius 3 is 2.55 bits per heavy atom. The number of H-pyrrole nitrogens is 1. The first kappa shape index (κ1) is 21.6. The summed E-state index contributed by atoms with van der Waals surface area (Å²) < 4.78 is 34.9. The quantitative estimate of drug-likeness (QED) is 0.421. The van der Waals surface area contributed by atoms with E-state index in [0.717, 1.165) is 23.7 Å². The highest BCUT2D eigenvalue weighted by molar-refractivity contribution is 6.05. The Balaban J connectivity index is 0.000000210. The number of esters is 1. The van der Waals surface area contributed by atoms with Crippen molar-refractivity contribution in [3.63, 3.8) is 0 Å². The van der Waals surface area contributed by atoms with Gasteiger partial charge in [-0.15, -0.1) is 0 Å². The molecule has 0 bridgehead atoms. The molecule has 2 heterocycles. The van der Waals surface area contributed by atoms with Crippen LogP contribution in [-0.2, 0) is 11.3 Å². The van der Waals surface area contributed by atoms with Gasteiger partial charge in [-0.25, -0.2) is 13.6 Å². The van der Waals surface area contributed by atoms with E-state index in [1.54, 1.807) is 37.3 Å². The Hall–Kier alpha value is -4.14. The number of phenols is 1. The summed E-state index contributed by atoms with van der Waals surface area (Å²) in [5, 5.41) is 10.2. The molecule has 0 saturated heterocycles. The first-order valence-electron chi connectivity index (χ1n) is 9.02. The molecule has 0 aliphatic heterocycles. The zero-order valence-corrected chi connectivity index (χ0v) is 16.3. The van der Waals surface area contributed by atoms with Crippen LogP contribution in [0.3, 0.4) is 0 Å². The summed E-state index contributed by atoms with van der Waals surface area (Å²) in [5.74, 6) is -2.59. The summed E-state index contributed by atoms with van der Waals surface area (Å²) in [6.07, 6.45) is 1.53. The van der Waals surface area contributed by atoms with E-state index in [1.165, 1.54) is 6.26 Å². The molecule has 0 spiro atoms. The van der Waals surface area contributed by atoms with Gasteiger partial charge in [-0.05, 0) is 55.5 Å². The molecular formula is C22H18F2N2O5. The highest BCUT2D eigenvalue weighted by atomic mass is 19.2. The lowest BCUT2D eigenvalue weighted by Crippen LogP contribution is -2.11. The number of rotatable bonds is 4. The number of primary amides is 1. The highest BCUT2D eigenvalue weighted by Crippen LogP contribution is 2.26. The third-order valence-electron chi connectivity index (χ3n) is 4.30. The van der Waals surface area contributed by atoms with Gasteiger partial charge in [-0.2, -0.15) is 0 Å². The van der Waals surface area contributed by atoms with Crippen molar-refractivity contribution in [2.75, 3.05) is 0 Å². The number of benzene rings is 2. The average Bonchev–Trinajstić information content (AvgIpc) is 3.35. The van der Waals surface area contributed by atoms with Crippen LogP contribution >= 0.6 is 0 Å². The van der Waals surface area contributed by atoms with Gasteiger partial charge in [0.15, 0.2) is 11.6 Å². The van der Waals surface area contributed by atoms with Gasteiger partial charge in [0.1, 0.15) is 18.1 Å². The predicted octanol–water partition coefficient (Wildman–Crippen LogP) is 4.20. The lowest BCUT2D eigenvalue weighted by molar-refractivity contribution is 0.0447. The molecule has 0 fully saturated rings. The van der Waals surface area contributed by atoms with Crippen molar-refractivity contribution < 1.29 is 32.6 Å². The second-order valence-corrected chi connectivity index (χ2v) is 6.50. The van der Waals surface area contributed by atoms with Crippen LogP contribution in [0.25, 0.3) is 10.9 Å². The van der Waals surface area contributed by atoms with Crippen molar-refractivity contribution in [2.24, 2.45) is 5.73 Å². The van der Waals surface area contributed by atoms with E-state index < -0.39 is 23.5 Å². The van der Waals surface area contributed by atoms with Gasteiger partial charge in [0, 0.05) is 22.2 Å². The van der Waals surface area contributed by atoms with Crippen LogP contribution in [0.5, 0.6) is 5.75 Å². The minimum absolute atomic E-state index is 0.0381. The number of furan rings is 1. The number of carbonyl (C=O) groups excluding carboxylic acids is 2. The Labute approximate surface area is 175 Å². The number of carbonyl (C=O) groups is 2. The highest BCUT2D eigenvalue weighted by Gasteiger charge is 2.18. The molecule has 2 aromatic heterocycles. The molecule has 4 aromatic rings. The summed E-state index contributed by atoms with van der Waals surface area (Å²) in [6.45, 7) is 1.87. The van der Waals surface area contributed by atoms with Crippen molar-refractivity contribution in [3.8, 4) is 5.75 Å². The number of hydrogen-bond acceptors (Lipinski definition) is 5. The predicted molar refractivity (Wildman–Crippen MR) is 107 cm³/mol. The molecule has 7 nitrogen and oxygen atoms in total. The number of fused-ring (bicyclic) bond motifs is 1. The number of amides is 1. The maximum atomic E-state index is 12.4. The molecule has 4 N–H and O–H groups in total. The van der Waals surface area contributed by atoms with E-state index in [2.05, 4.69) is 4.98 Å². The Bertz CT molecular complexity index is 1230. The first-order valence-corrected chi connectivity index (χ1v) is 9.02. The van der Waals surface area contributed by atoms with E-state index in [4.69, 9.17) is 14.9 Å². The number of phenolic OH excluding ortho intramolecular Hbond substituents is 1. The van der Waals surface area contributed by atoms with Gasteiger partial charge < -0.3 is 25.0 Å². The molecule has 2 aromatic carbocycles. The van der Waals surface area contributed by atoms with E-state index >= 15 is 0 Å². The summed E-state index contributed by atoms with van der Waals surface area (Å²) in [5.41, 5.74) is 6.69. The number of halogens is 2. The van der Waals surface area contributed by atoms with Gasteiger partial charge in [0.05, 0.1) is 11.8 Å². The number of nitrogens with one attached hydrogen (secondary N) is 1. The maximum Gasteiger partial charge on any atom is 0.341 e. The molecule has 0 saturated carbocycles. The Morgan fingerprint density at radius 1 is 1.13 bits per heavy atom. The van der Waals surface area contributed by atoms with Crippen molar-refractivity contribution in [1.29, 1.82) is 0 Å². The van der Waals surface area contributed by atoms with Gasteiger partial charge in [0.25, 0.3) is 0 Å². The van der Waals surface area contributed by atoms with Gasteiger partial charge >= 0.3 is 5.97 Å². The standard InChI is InChI=1S/C15H13NO4.C7H5F2NO/c1-9-14(12-7-10(17)4-5-13(12)16-9)15(18)20-8-11-3-2-6-19-11;8-5-2-1-4(7(10)11)3-6(5)9/h2-7,16-17H,8H2,1H3;1-3H,(H2,10,11). The van der Waals surface area contributed by atoms with Crippen LogP contribution in [0.1, 0.15) is 32.2 Å². The molecule has 0 aliphatic rings. The fraction of sp³-hybridized carbons (Fsp3) is 0.0909. The third-order valence-corrected chi connectivity index (χ3v) is 4.30. The minimum Gasteiger partial charge on any atom is -0.508 e. The summed E-state index contributed by atoms with van der Waals surface area (Å²) in [4.78, 5) is 25.7. The molecule has 0 aliphatic carbocycles. The number of aromatic hydroxyl groups is 1. The van der Waals surface area contributed by atoms with Crippen molar-refractivity contribution in [2.45, 2.75) is 13.5 Å². The largest absolute Gasteiger partial charge is 0.508 e. The Morgan fingerprint density at radius 2 is 1.90 bits per heavy atom. The van der Waals surface area contributed by atoms with E-state index in [1.807, 2.05) is 0 Å². The Kier molecular flexibility index (Phi) is 6.35. The third kappa shape index (κ3) is 5.08. The van der Waals surface area contributed by atoms with Crippen LogP contribution in [0.4, 0.5) is 8.78 Å². The maximum absolute atomic E-state index is 12.4. The summed E-state index contributed by atoms with van der Waals surface area (Å²) in [7, 11) is 0. The zero-order chi connectivity index (χ0) is 22.5. The first-order chi connectivity index (χ1) is 14.8. The van der Waals surface area contributed by atoms with Crippen molar-refractivity contribution >= 4 is 22.8 Å². The number of ether oxygens (including phenoxy) is 1. The minimum atomic E-state index is -1.07. The molecule has 1 amide bonds. The second kappa shape index (κ2) is 9.12. The second-order valence-electron chi connectivity index (χ2n) is 6.50. The van der Waals surface area contributed by atoms with E-state index in [0.29, 0.717) is 22.4 Å². The number of hydrogen-bond donors (Lipinski definition) is 3. The van der Waals surface area contributed by atoms with Gasteiger partial charge in [0.2, 0.25) is 5.91 Å². The van der Waals surface area contributed by atoms with E-state index in [9.17, 15) is 23.5 Å². The smallest absolute Gasteiger partial charge is 0.341 e. The molecule has 0 atom stereocenters. The number of nitrogens with two attached hydrogens (primary N) is 1. The molecular weight excluding hydrogens is 410 g/mol. The number of aryl methyl sites for hydroxylation is 1. The SMILES string of the molecule is Cc1[nH]c2ccc(O)cc2c1C(=O)OCc1ccco1.NC(=O)c1ccc(F)c(F)c1. The van der Waals surface area contributed by atoms with Gasteiger partial charge in [-0.1, -0.05) is 0 Å². The lowest BCUT2D eigenvalue weighted by atomic mass is 10.1. The van der Waals surface area contributed by atoms with Crippen molar-refractivity contribution in [3.05, 3.63) is 89.0 Å². The fourth-order valence-corrected chi connectivity index (χ4v) is 2.83. The molecule has 9 heteroatoms. The fourth-order valence-electron chi connectivity index (χ4n) is 2.83. The topological polar surface area (TPSA) is 119 Å². The molecule has 0 radical (unpaired) electrons. The van der Waals surface area contributed by atoms with Crippen LogP contribution in [0.15, 0.2) is 59.2 Å². The van der Waals surface area contributed by atoms with Crippen LogP contribution in [0.2, 0.25) is 0 Å². The number of aromatic amines is 1. The zero-order valence-electron chi connectivity index (χ0n) is 16.3.